The molecule has 5 nitrogen and oxygen atoms in total. The van der Waals surface area contributed by atoms with Crippen LogP contribution in [0.5, 0.6) is 0 Å². The summed E-state index contributed by atoms with van der Waals surface area (Å²) in [5.41, 5.74) is 6.57. The van der Waals surface area contributed by atoms with E-state index in [1.54, 1.807) is 10.7 Å². The zero-order valence-electron chi connectivity index (χ0n) is 10.1. The van der Waals surface area contributed by atoms with E-state index < -0.39 is 0 Å². The van der Waals surface area contributed by atoms with E-state index in [9.17, 15) is 0 Å². The third kappa shape index (κ3) is 2.15. The number of piperidine rings is 1. The summed E-state index contributed by atoms with van der Waals surface area (Å²) in [4.78, 5) is 6.73. The summed E-state index contributed by atoms with van der Waals surface area (Å²) in [6, 6.07) is 3.71. The molecule has 2 aromatic rings. The van der Waals surface area contributed by atoms with Gasteiger partial charge >= 0.3 is 0 Å². The van der Waals surface area contributed by atoms with E-state index in [-0.39, 0.29) is 0 Å². The zero-order valence-corrected chi connectivity index (χ0v) is 10.8. The lowest BCUT2D eigenvalue weighted by Gasteiger charge is -2.31. The largest absolute Gasteiger partial charge is 0.339 e. The first-order valence-electron chi connectivity index (χ1n) is 6.23. The van der Waals surface area contributed by atoms with Crippen LogP contribution in [0.1, 0.15) is 12.8 Å². The van der Waals surface area contributed by atoms with Gasteiger partial charge in [-0.25, -0.2) is 4.52 Å². The minimum absolute atomic E-state index is 0.550. The summed E-state index contributed by atoms with van der Waals surface area (Å²) in [7, 11) is 0. The molecule has 1 fully saturated rings. The molecule has 96 valence electrons. The first-order valence-corrected chi connectivity index (χ1v) is 6.61. The molecule has 2 aromatic heterocycles. The van der Waals surface area contributed by atoms with Crippen LogP contribution in [-0.2, 0) is 0 Å². The van der Waals surface area contributed by atoms with E-state index >= 15 is 0 Å². The standard InChI is InChI=1S/C12H16ClN5/c13-10-3-4-11-15-12(16-18(11)8-10)17-5-1-2-9(6-14)7-17/h3-4,8-9H,1-2,5-7,14H2. The SMILES string of the molecule is NCC1CCCN(c2nc3ccc(Cl)cn3n2)C1. The quantitative estimate of drug-likeness (QED) is 0.895. The molecular weight excluding hydrogens is 250 g/mol. The molecule has 1 aliphatic heterocycles. The molecule has 0 amide bonds. The van der Waals surface area contributed by atoms with Gasteiger partial charge in [-0.1, -0.05) is 11.6 Å². The maximum Gasteiger partial charge on any atom is 0.245 e. The number of nitrogens with two attached hydrogens (primary N) is 1. The van der Waals surface area contributed by atoms with Gasteiger partial charge in [0, 0.05) is 19.3 Å². The molecule has 0 aromatic carbocycles. The van der Waals surface area contributed by atoms with Gasteiger partial charge in [0.05, 0.1) is 5.02 Å². The number of fused-ring (bicyclic) bond motifs is 1. The summed E-state index contributed by atoms with van der Waals surface area (Å²) in [6.45, 7) is 2.68. The number of anilines is 1. The molecule has 1 atom stereocenters. The van der Waals surface area contributed by atoms with Gasteiger partial charge in [0.2, 0.25) is 5.95 Å². The lowest BCUT2D eigenvalue weighted by atomic mass is 9.99. The maximum absolute atomic E-state index is 5.94. The van der Waals surface area contributed by atoms with Crippen molar-refractivity contribution >= 4 is 23.2 Å². The van der Waals surface area contributed by atoms with Crippen LogP contribution in [0, 0.1) is 5.92 Å². The molecule has 3 heterocycles. The van der Waals surface area contributed by atoms with E-state index in [4.69, 9.17) is 17.3 Å². The number of pyridine rings is 1. The third-order valence-corrected chi connectivity index (χ3v) is 3.64. The van der Waals surface area contributed by atoms with Crippen molar-refractivity contribution in [3.63, 3.8) is 0 Å². The number of nitrogens with zero attached hydrogens (tertiary/aromatic N) is 4. The van der Waals surface area contributed by atoms with Crippen LogP contribution >= 0.6 is 11.6 Å². The predicted octanol–water partition coefficient (Wildman–Crippen LogP) is 1.56. The van der Waals surface area contributed by atoms with Gasteiger partial charge in [0.1, 0.15) is 0 Å². The fourth-order valence-electron chi connectivity index (χ4n) is 2.42. The molecule has 0 aliphatic carbocycles. The average Bonchev–Trinajstić information content (AvgIpc) is 2.81. The summed E-state index contributed by atoms with van der Waals surface area (Å²) < 4.78 is 1.73. The Morgan fingerprint density at radius 2 is 2.33 bits per heavy atom. The predicted molar refractivity (Wildman–Crippen MR) is 72.0 cm³/mol. The van der Waals surface area contributed by atoms with E-state index in [2.05, 4.69) is 15.0 Å². The highest BCUT2D eigenvalue weighted by Gasteiger charge is 2.21. The molecule has 0 spiro atoms. The molecule has 3 rings (SSSR count). The molecule has 1 saturated heterocycles. The van der Waals surface area contributed by atoms with Gasteiger partial charge < -0.3 is 10.6 Å². The fraction of sp³-hybridized carbons (Fsp3) is 0.500. The highest BCUT2D eigenvalue weighted by molar-refractivity contribution is 6.30. The molecule has 18 heavy (non-hydrogen) atoms. The highest BCUT2D eigenvalue weighted by Crippen LogP contribution is 2.21. The number of aromatic nitrogens is 3. The molecule has 1 aliphatic rings. The van der Waals surface area contributed by atoms with Crippen LogP contribution in [-0.4, -0.2) is 34.2 Å². The van der Waals surface area contributed by atoms with Crippen LogP contribution < -0.4 is 10.6 Å². The Morgan fingerprint density at radius 3 is 3.17 bits per heavy atom. The first kappa shape index (κ1) is 11.7. The van der Waals surface area contributed by atoms with Crippen molar-refractivity contribution in [3.8, 4) is 0 Å². The summed E-state index contributed by atoms with van der Waals surface area (Å²) in [5.74, 6) is 1.32. The maximum atomic E-state index is 5.94. The normalized spacial score (nSPS) is 20.6. The monoisotopic (exact) mass is 265 g/mol. The fourth-order valence-corrected chi connectivity index (χ4v) is 2.57. The van der Waals surface area contributed by atoms with Gasteiger partial charge in [-0.3, -0.25) is 0 Å². The Bertz CT molecular complexity index is 552. The Hall–Kier alpha value is -1.33. The molecular formula is C12H16ClN5. The minimum Gasteiger partial charge on any atom is -0.339 e. The van der Waals surface area contributed by atoms with Crippen LogP contribution in [0.3, 0.4) is 0 Å². The minimum atomic E-state index is 0.550. The Morgan fingerprint density at radius 1 is 1.44 bits per heavy atom. The van der Waals surface area contributed by atoms with E-state index in [1.807, 2.05) is 12.1 Å². The summed E-state index contributed by atoms with van der Waals surface area (Å²) in [6.07, 6.45) is 4.13. The summed E-state index contributed by atoms with van der Waals surface area (Å²) >= 11 is 5.94. The second-order valence-corrected chi connectivity index (χ2v) is 5.19. The van der Waals surface area contributed by atoms with Gasteiger partial charge in [-0.2, -0.15) is 4.98 Å². The van der Waals surface area contributed by atoms with Gasteiger partial charge in [0.15, 0.2) is 5.65 Å². The van der Waals surface area contributed by atoms with Crippen molar-refractivity contribution in [2.75, 3.05) is 24.5 Å². The number of halogens is 1. The van der Waals surface area contributed by atoms with Crippen LogP contribution in [0.4, 0.5) is 5.95 Å². The number of rotatable bonds is 2. The lowest BCUT2D eigenvalue weighted by Crippen LogP contribution is -2.39. The first-order chi connectivity index (χ1) is 8.76. The third-order valence-electron chi connectivity index (χ3n) is 3.42. The van der Waals surface area contributed by atoms with Crippen molar-refractivity contribution in [2.24, 2.45) is 11.7 Å². The lowest BCUT2D eigenvalue weighted by molar-refractivity contribution is 0.419. The van der Waals surface area contributed by atoms with Crippen LogP contribution in [0.15, 0.2) is 18.3 Å². The van der Waals surface area contributed by atoms with Gasteiger partial charge in [-0.15, -0.1) is 5.10 Å². The second kappa shape index (κ2) is 4.74. The van der Waals surface area contributed by atoms with Crippen molar-refractivity contribution in [2.45, 2.75) is 12.8 Å². The highest BCUT2D eigenvalue weighted by atomic mass is 35.5. The van der Waals surface area contributed by atoms with Gasteiger partial charge in [-0.05, 0) is 37.4 Å². The summed E-state index contributed by atoms with van der Waals surface area (Å²) in [5, 5.41) is 5.14. The van der Waals surface area contributed by atoms with Crippen LogP contribution in [0.2, 0.25) is 5.02 Å². The zero-order chi connectivity index (χ0) is 12.5. The van der Waals surface area contributed by atoms with Gasteiger partial charge in [0.25, 0.3) is 0 Å². The van der Waals surface area contributed by atoms with Crippen molar-refractivity contribution < 1.29 is 0 Å². The number of hydrogen-bond acceptors (Lipinski definition) is 4. The molecule has 1 unspecified atom stereocenters. The van der Waals surface area contributed by atoms with E-state index in [0.29, 0.717) is 10.9 Å². The van der Waals surface area contributed by atoms with Crippen molar-refractivity contribution in [1.29, 1.82) is 0 Å². The average molecular weight is 266 g/mol. The Kier molecular flexibility index (Phi) is 3.09. The molecule has 0 radical (unpaired) electrons. The molecule has 2 N–H and O–H groups in total. The molecule has 0 saturated carbocycles. The van der Waals surface area contributed by atoms with Crippen molar-refractivity contribution in [3.05, 3.63) is 23.4 Å². The number of hydrogen-bond donors (Lipinski definition) is 1. The smallest absolute Gasteiger partial charge is 0.245 e. The molecule has 6 heteroatoms. The van der Waals surface area contributed by atoms with Crippen LogP contribution in [0.25, 0.3) is 5.65 Å². The van der Waals surface area contributed by atoms with Crippen molar-refractivity contribution in [1.82, 2.24) is 14.6 Å². The Balaban J connectivity index is 1.89. The Labute approximate surface area is 111 Å². The topological polar surface area (TPSA) is 59.5 Å². The molecule has 0 bridgehead atoms. The van der Waals surface area contributed by atoms with E-state index in [0.717, 1.165) is 37.7 Å². The van der Waals surface area contributed by atoms with E-state index in [1.165, 1.54) is 6.42 Å². The second-order valence-electron chi connectivity index (χ2n) is 4.75.